The van der Waals surface area contributed by atoms with Crippen molar-refractivity contribution in [1.82, 2.24) is 5.32 Å². The highest BCUT2D eigenvalue weighted by atomic mass is 35.5. The van der Waals surface area contributed by atoms with Gasteiger partial charge in [-0.3, -0.25) is 0 Å². The van der Waals surface area contributed by atoms with E-state index in [4.69, 9.17) is 16.3 Å². The van der Waals surface area contributed by atoms with E-state index in [-0.39, 0.29) is 12.1 Å². The molecule has 1 aliphatic rings. The van der Waals surface area contributed by atoms with Crippen LogP contribution in [0.2, 0.25) is 5.02 Å². The number of benzene rings is 1. The molecule has 0 radical (unpaired) electrons. The first kappa shape index (κ1) is 10.1. The van der Waals surface area contributed by atoms with Crippen LogP contribution >= 0.6 is 11.6 Å². The molecule has 1 N–H and O–H groups in total. The summed E-state index contributed by atoms with van der Waals surface area (Å²) in [6.07, 6.45) is 3.46. The highest BCUT2D eigenvalue weighted by molar-refractivity contribution is 6.30. The topological polar surface area (TPSA) is 38.3 Å². The Balaban J connectivity index is 1.99. The van der Waals surface area contributed by atoms with Crippen LogP contribution in [0.4, 0.5) is 4.79 Å². The van der Waals surface area contributed by atoms with E-state index in [1.165, 1.54) is 0 Å². The molecule has 1 saturated heterocycles. The van der Waals surface area contributed by atoms with Crippen molar-refractivity contribution in [2.45, 2.75) is 6.04 Å². The van der Waals surface area contributed by atoms with Gasteiger partial charge < -0.3 is 10.1 Å². The van der Waals surface area contributed by atoms with Crippen LogP contribution in [0, 0.1) is 0 Å². The maximum Gasteiger partial charge on any atom is 0.407 e. The molecule has 0 saturated carbocycles. The minimum Gasteiger partial charge on any atom is -0.447 e. The highest BCUT2D eigenvalue weighted by Gasteiger charge is 2.18. The van der Waals surface area contributed by atoms with Gasteiger partial charge in [0.15, 0.2) is 0 Å². The van der Waals surface area contributed by atoms with Crippen LogP contribution in [0.15, 0.2) is 30.3 Å². The number of nitrogens with one attached hydrogen (secondary N) is 1. The fraction of sp³-hybridized carbons (Fsp3) is 0.182. The van der Waals surface area contributed by atoms with Gasteiger partial charge in [-0.2, -0.15) is 0 Å². The van der Waals surface area contributed by atoms with Crippen molar-refractivity contribution >= 4 is 23.8 Å². The van der Waals surface area contributed by atoms with Crippen molar-refractivity contribution in [3.63, 3.8) is 0 Å². The Bertz CT molecular complexity index is 386. The van der Waals surface area contributed by atoms with Gasteiger partial charge in [0.25, 0.3) is 0 Å². The lowest BCUT2D eigenvalue weighted by Crippen LogP contribution is -2.23. The lowest BCUT2D eigenvalue weighted by atomic mass is 10.2. The summed E-state index contributed by atoms with van der Waals surface area (Å²) < 4.78 is 4.75. The molecular weight excluding hydrogens is 214 g/mol. The Morgan fingerprint density at radius 1 is 1.40 bits per heavy atom. The minimum atomic E-state index is -0.360. The molecule has 3 nitrogen and oxygen atoms in total. The smallest absolute Gasteiger partial charge is 0.407 e. The third-order valence-corrected chi connectivity index (χ3v) is 2.34. The van der Waals surface area contributed by atoms with Crippen LogP contribution < -0.4 is 5.32 Å². The van der Waals surface area contributed by atoms with Gasteiger partial charge in [0.1, 0.15) is 6.61 Å². The fourth-order valence-corrected chi connectivity index (χ4v) is 1.43. The van der Waals surface area contributed by atoms with Gasteiger partial charge >= 0.3 is 6.09 Å². The molecule has 0 bridgehead atoms. The highest BCUT2D eigenvalue weighted by Crippen LogP contribution is 2.11. The Kier molecular flexibility index (Phi) is 2.92. The summed E-state index contributed by atoms with van der Waals surface area (Å²) in [5.41, 5.74) is 1.04. The third kappa shape index (κ3) is 2.73. The summed E-state index contributed by atoms with van der Waals surface area (Å²) in [6, 6.07) is 7.44. The van der Waals surface area contributed by atoms with Crippen molar-refractivity contribution in [1.29, 1.82) is 0 Å². The number of ether oxygens (including phenoxy) is 1. The summed E-state index contributed by atoms with van der Waals surface area (Å²) in [5.74, 6) is 0. The fourth-order valence-electron chi connectivity index (χ4n) is 1.30. The summed E-state index contributed by atoms with van der Waals surface area (Å²) >= 11 is 5.76. The van der Waals surface area contributed by atoms with Crippen LogP contribution in [0.1, 0.15) is 5.56 Å². The normalized spacial score (nSPS) is 20.3. The number of halogens is 1. The first-order valence-corrected chi connectivity index (χ1v) is 4.99. The molecule has 0 aliphatic carbocycles. The second-order valence-corrected chi connectivity index (χ2v) is 3.70. The number of alkyl carbamates (subject to hydrolysis) is 1. The van der Waals surface area contributed by atoms with E-state index in [2.05, 4.69) is 5.32 Å². The Morgan fingerprint density at radius 2 is 2.13 bits per heavy atom. The number of carbonyl (C=O) groups excluding carboxylic acids is 1. The largest absolute Gasteiger partial charge is 0.447 e. The van der Waals surface area contributed by atoms with Crippen molar-refractivity contribution in [2.24, 2.45) is 0 Å². The van der Waals surface area contributed by atoms with Gasteiger partial charge in [0, 0.05) is 5.02 Å². The van der Waals surface area contributed by atoms with E-state index in [1.807, 2.05) is 36.4 Å². The maximum atomic E-state index is 10.7. The molecule has 1 aliphatic heterocycles. The van der Waals surface area contributed by atoms with Crippen molar-refractivity contribution in [3.8, 4) is 0 Å². The van der Waals surface area contributed by atoms with Crippen LogP contribution in [0.5, 0.6) is 0 Å². The molecule has 2 rings (SSSR count). The average Bonchev–Trinajstić information content (AvgIpc) is 2.64. The van der Waals surface area contributed by atoms with Crippen molar-refractivity contribution in [2.75, 3.05) is 6.61 Å². The number of rotatable bonds is 2. The van der Waals surface area contributed by atoms with Crippen molar-refractivity contribution in [3.05, 3.63) is 40.9 Å². The standard InChI is InChI=1S/C11H10ClNO2/c12-9-4-1-8(2-5-9)3-6-10-7-15-11(14)13-10/h1-6,10H,7H2,(H,13,14)/b6-3+/t10-/m0/s1. The predicted molar refractivity (Wildman–Crippen MR) is 58.8 cm³/mol. The number of carbonyl (C=O) groups is 1. The molecule has 1 amide bonds. The first-order valence-electron chi connectivity index (χ1n) is 4.61. The Hall–Kier alpha value is -1.48. The molecule has 1 atom stereocenters. The van der Waals surface area contributed by atoms with Crippen molar-refractivity contribution < 1.29 is 9.53 Å². The molecule has 15 heavy (non-hydrogen) atoms. The van der Waals surface area contributed by atoms with Gasteiger partial charge in [-0.05, 0) is 17.7 Å². The van der Waals surface area contributed by atoms with Gasteiger partial charge in [0.2, 0.25) is 0 Å². The van der Waals surface area contributed by atoms with E-state index in [0.717, 1.165) is 5.56 Å². The zero-order valence-corrected chi connectivity index (χ0v) is 8.70. The van der Waals surface area contributed by atoms with Gasteiger partial charge in [0.05, 0.1) is 6.04 Å². The van der Waals surface area contributed by atoms with Gasteiger partial charge in [-0.1, -0.05) is 35.9 Å². The summed E-state index contributed by atoms with van der Waals surface area (Å²) in [5, 5.41) is 3.37. The number of hydrogen-bond donors (Lipinski definition) is 1. The van der Waals surface area contributed by atoms with E-state index in [1.54, 1.807) is 0 Å². The summed E-state index contributed by atoms with van der Waals surface area (Å²) in [7, 11) is 0. The lowest BCUT2D eigenvalue weighted by Gasteiger charge is -1.98. The lowest BCUT2D eigenvalue weighted by molar-refractivity contribution is 0.177. The van der Waals surface area contributed by atoms with E-state index in [9.17, 15) is 4.79 Å². The van der Waals surface area contributed by atoms with E-state index >= 15 is 0 Å². The molecule has 0 spiro atoms. The maximum absolute atomic E-state index is 10.7. The van der Waals surface area contributed by atoms with Gasteiger partial charge in [-0.15, -0.1) is 0 Å². The zero-order valence-electron chi connectivity index (χ0n) is 7.94. The molecule has 1 fully saturated rings. The molecule has 0 aromatic heterocycles. The Morgan fingerprint density at radius 3 is 2.73 bits per heavy atom. The molecular formula is C11H10ClNO2. The Labute approximate surface area is 92.7 Å². The molecule has 4 heteroatoms. The second-order valence-electron chi connectivity index (χ2n) is 3.26. The summed E-state index contributed by atoms with van der Waals surface area (Å²) in [6.45, 7) is 0.392. The van der Waals surface area contributed by atoms with Crippen LogP contribution in [-0.4, -0.2) is 18.7 Å². The van der Waals surface area contributed by atoms with E-state index < -0.39 is 0 Å². The number of cyclic esters (lactones) is 1. The van der Waals surface area contributed by atoms with Crippen LogP contribution in [-0.2, 0) is 4.74 Å². The third-order valence-electron chi connectivity index (χ3n) is 2.09. The minimum absolute atomic E-state index is 0.0341. The molecule has 78 valence electrons. The molecule has 1 heterocycles. The first-order chi connectivity index (χ1) is 7.24. The average molecular weight is 224 g/mol. The molecule has 1 aromatic rings. The molecule has 1 aromatic carbocycles. The summed E-state index contributed by atoms with van der Waals surface area (Å²) in [4.78, 5) is 10.7. The van der Waals surface area contributed by atoms with Gasteiger partial charge in [-0.25, -0.2) is 4.79 Å². The quantitative estimate of drug-likeness (QED) is 0.837. The predicted octanol–water partition coefficient (Wildman–Crippen LogP) is 2.46. The number of hydrogen-bond acceptors (Lipinski definition) is 2. The number of amides is 1. The van der Waals surface area contributed by atoms with E-state index in [0.29, 0.717) is 11.6 Å². The molecule has 0 unspecified atom stereocenters. The SMILES string of the molecule is O=C1N[C@@H](/C=C/c2ccc(Cl)cc2)CO1. The van der Waals surface area contributed by atoms with Crippen LogP contribution in [0.25, 0.3) is 6.08 Å². The monoisotopic (exact) mass is 223 g/mol. The van der Waals surface area contributed by atoms with Crippen LogP contribution in [0.3, 0.4) is 0 Å². The zero-order chi connectivity index (χ0) is 10.7. The second kappa shape index (κ2) is 4.36.